The minimum Gasteiger partial charge on any atom is -0.364 e. The van der Waals surface area contributed by atoms with E-state index in [4.69, 9.17) is 0 Å². The lowest BCUT2D eigenvalue weighted by molar-refractivity contribution is -0.115. The summed E-state index contributed by atoms with van der Waals surface area (Å²) < 4.78 is 37.9. The number of rotatable bonds is 6. The number of carbonyl (C=O) groups excluding carboxylic acids is 1. The average molecular weight is 460 g/mol. The topological polar surface area (TPSA) is 79.4 Å². The van der Waals surface area contributed by atoms with Crippen molar-refractivity contribution in [3.05, 3.63) is 70.5 Å². The van der Waals surface area contributed by atoms with Crippen LogP contribution in [0, 0.1) is 5.82 Å². The van der Waals surface area contributed by atoms with Crippen LogP contribution in [-0.4, -0.2) is 31.6 Å². The third kappa shape index (κ3) is 4.77. The molecule has 0 bridgehead atoms. The van der Waals surface area contributed by atoms with Crippen molar-refractivity contribution < 1.29 is 17.6 Å². The van der Waals surface area contributed by atoms with Gasteiger partial charge in [-0.1, -0.05) is 42.5 Å². The van der Waals surface area contributed by atoms with Gasteiger partial charge in [0.15, 0.2) is 15.0 Å². The summed E-state index contributed by atoms with van der Waals surface area (Å²) in [7, 11) is -3.26. The summed E-state index contributed by atoms with van der Waals surface area (Å²) in [6.45, 7) is 2.81. The van der Waals surface area contributed by atoms with Gasteiger partial charge in [-0.3, -0.25) is 4.79 Å². The van der Waals surface area contributed by atoms with Crippen LogP contribution in [0.25, 0.3) is 0 Å². The number of nitrogens with one attached hydrogen (secondary N) is 1. The first kappa shape index (κ1) is 21.5. The van der Waals surface area contributed by atoms with Gasteiger partial charge in [0.2, 0.25) is 5.91 Å². The second-order valence-corrected chi connectivity index (χ2v) is 10.6. The van der Waals surface area contributed by atoms with Crippen molar-refractivity contribution in [1.82, 2.24) is 4.98 Å². The number of benzene rings is 2. The average Bonchev–Trinajstić information content (AvgIpc) is 3.15. The third-order valence-corrected chi connectivity index (χ3v) is 7.95. The minimum absolute atomic E-state index is 0.0376. The van der Waals surface area contributed by atoms with Crippen LogP contribution in [-0.2, 0) is 34.0 Å². The van der Waals surface area contributed by atoms with E-state index in [9.17, 15) is 17.6 Å². The fourth-order valence-electron chi connectivity index (χ4n) is 3.49. The molecule has 4 rings (SSSR count). The smallest absolute Gasteiger partial charge is 0.230 e. The Labute approximate surface area is 184 Å². The summed E-state index contributed by atoms with van der Waals surface area (Å²) in [5, 5.41) is 3.35. The van der Waals surface area contributed by atoms with Crippen molar-refractivity contribution in [1.29, 1.82) is 0 Å². The predicted octanol–water partition coefficient (Wildman–Crippen LogP) is 3.82. The summed E-state index contributed by atoms with van der Waals surface area (Å²) in [4.78, 5) is 20.2. The molecule has 31 heavy (non-hydrogen) atoms. The highest BCUT2D eigenvalue weighted by atomic mass is 32.2. The number of sulfone groups is 1. The van der Waals surface area contributed by atoms with Crippen LogP contribution in [0.1, 0.15) is 23.1 Å². The van der Waals surface area contributed by atoms with Crippen molar-refractivity contribution in [3.8, 4) is 0 Å². The van der Waals surface area contributed by atoms with E-state index in [1.807, 2.05) is 11.0 Å². The van der Waals surface area contributed by atoms with Crippen LogP contribution in [0.3, 0.4) is 0 Å². The lowest BCUT2D eigenvalue weighted by atomic mass is 10.1. The van der Waals surface area contributed by atoms with E-state index in [0.717, 1.165) is 16.1 Å². The van der Waals surface area contributed by atoms with Gasteiger partial charge in [0, 0.05) is 17.8 Å². The van der Waals surface area contributed by atoms with Crippen molar-refractivity contribution >= 4 is 37.9 Å². The predicted molar refractivity (Wildman–Crippen MR) is 120 cm³/mol. The number of nitrogens with zero attached hydrogens (tertiary/aromatic N) is 2. The molecule has 162 valence electrons. The molecule has 0 saturated carbocycles. The van der Waals surface area contributed by atoms with Gasteiger partial charge in [0.25, 0.3) is 0 Å². The summed E-state index contributed by atoms with van der Waals surface area (Å²) in [5.74, 6) is -0.430. The molecule has 0 saturated heterocycles. The molecule has 0 atom stereocenters. The molecule has 0 spiro atoms. The number of anilines is 2. The number of hydrogen-bond donors (Lipinski definition) is 1. The molecule has 9 heteroatoms. The molecule has 1 N–H and O–H groups in total. The molecule has 1 aliphatic heterocycles. The van der Waals surface area contributed by atoms with Gasteiger partial charge in [-0.05, 0) is 29.8 Å². The number of thiazole rings is 1. The van der Waals surface area contributed by atoms with Gasteiger partial charge in [0.1, 0.15) is 5.82 Å². The lowest BCUT2D eigenvalue weighted by Gasteiger charge is -2.28. The fourth-order valence-corrected chi connectivity index (χ4v) is 5.42. The Morgan fingerprint density at radius 2 is 1.94 bits per heavy atom. The van der Waals surface area contributed by atoms with Crippen LogP contribution in [0.15, 0.2) is 53.4 Å². The summed E-state index contributed by atoms with van der Waals surface area (Å²) >= 11 is 1.40. The normalized spacial score (nSPS) is 13.7. The molecule has 3 aromatic rings. The van der Waals surface area contributed by atoms with Gasteiger partial charge >= 0.3 is 0 Å². The lowest BCUT2D eigenvalue weighted by Crippen LogP contribution is -2.30. The Balaban J connectivity index is 1.40. The molecule has 1 aromatic heterocycles. The number of hydrogen-bond acceptors (Lipinski definition) is 6. The van der Waals surface area contributed by atoms with E-state index in [-0.39, 0.29) is 28.8 Å². The van der Waals surface area contributed by atoms with Crippen molar-refractivity contribution in [3.63, 3.8) is 0 Å². The van der Waals surface area contributed by atoms with Crippen molar-refractivity contribution in [2.75, 3.05) is 22.5 Å². The Bertz CT molecular complexity index is 1210. The minimum atomic E-state index is -3.26. The molecule has 1 amide bonds. The first-order valence-corrected chi connectivity index (χ1v) is 12.4. The molecule has 6 nitrogen and oxygen atoms in total. The van der Waals surface area contributed by atoms with E-state index in [1.165, 1.54) is 29.5 Å². The third-order valence-electron chi connectivity index (χ3n) is 5.20. The van der Waals surface area contributed by atoms with Gasteiger partial charge < -0.3 is 10.2 Å². The standard InChI is InChI=1S/C22H22FN3O3S2/c1-2-31(28,29)16-9-7-15(8-10-16)13-21(27)25-22-24-18-11-12-26(14-20(18)30-22)19-6-4-3-5-17(19)23/h3-10H,2,11-14H2,1H3,(H,24,25,27). The van der Waals surface area contributed by atoms with Gasteiger partial charge in [-0.25, -0.2) is 17.8 Å². The maximum atomic E-state index is 14.1. The zero-order valence-corrected chi connectivity index (χ0v) is 18.6. The highest BCUT2D eigenvalue weighted by molar-refractivity contribution is 7.91. The van der Waals surface area contributed by atoms with Crippen molar-refractivity contribution in [2.45, 2.75) is 31.2 Å². The Morgan fingerprint density at radius 1 is 1.19 bits per heavy atom. The molecular formula is C22H22FN3O3S2. The molecule has 0 unspecified atom stereocenters. The maximum Gasteiger partial charge on any atom is 0.230 e. The Kier molecular flexibility index (Phi) is 6.06. The zero-order valence-electron chi connectivity index (χ0n) is 17.0. The number of carbonyl (C=O) groups is 1. The summed E-state index contributed by atoms with van der Waals surface area (Å²) in [5.41, 5.74) is 2.22. The number of fused-ring (bicyclic) bond motifs is 1. The van der Waals surface area contributed by atoms with Gasteiger partial charge in [0.05, 0.1) is 35.0 Å². The van der Waals surface area contributed by atoms with Gasteiger partial charge in [-0.15, -0.1) is 0 Å². The summed E-state index contributed by atoms with van der Waals surface area (Å²) in [6, 6.07) is 13.1. The molecular weight excluding hydrogens is 437 g/mol. The second kappa shape index (κ2) is 8.76. The van der Waals surface area contributed by atoms with E-state index < -0.39 is 9.84 Å². The Hall–Kier alpha value is -2.78. The fraction of sp³-hybridized carbons (Fsp3) is 0.273. The largest absolute Gasteiger partial charge is 0.364 e. The molecule has 2 aromatic carbocycles. The molecule has 0 radical (unpaired) electrons. The van der Waals surface area contributed by atoms with E-state index in [2.05, 4.69) is 10.3 Å². The van der Waals surface area contributed by atoms with E-state index >= 15 is 0 Å². The Morgan fingerprint density at radius 3 is 2.65 bits per heavy atom. The van der Waals surface area contributed by atoms with Crippen LogP contribution < -0.4 is 10.2 Å². The van der Waals surface area contributed by atoms with Crippen LogP contribution in [0.5, 0.6) is 0 Å². The van der Waals surface area contributed by atoms with Crippen molar-refractivity contribution in [2.24, 2.45) is 0 Å². The molecule has 1 aliphatic rings. The first-order chi connectivity index (χ1) is 14.9. The SMILES string of the molecule is CCS(=O)(=O)c1ccc(CC(=O)Nc2nc3c(s2)CN(c2ccccc2F)CC3)cc1. The monoisotopic (exact) mass is 459 g/mol. The molecule has 0 fully saturated rings. The zero-order chi connectivity index (χ0) is 22.0. The highest BCUT2D eigenvalue weighted by Crippen LogP contribution is 2.31. The van der Waals surface area contributed by atoms with E-state index in [0.29, 0.717) is 30.3 Å². The molecule has 2 heterocycles. The second-order valence-electron chi connectivity index (χ2n) is 7.28. The number of para-hydroxylation sites is 1. The highest BCUT2D eigenvalue weighted by Gasteiger charge is 2.23. The first-order valence-electron chi connectivity index (χ1n) is 9.95. The molecule has 0 aliphatic carbocycles. The van der Waals surface area contributed by atoms with Gasteiger partial charge in [-0.2, -0.15) is 0 Å². The van der Waals surface area contributed by atoms with E-state index in [1.54, 1.807) is 31.2 Å². The number of amides is 1. The van der Waals surface area contributed by atoms with Crippen LogP contribution in [0.2, 0.25) is 0 Å². The number of aromatic nitrogens is 1. The van der Waals surface area contributed by atoms with Crippen LogP contribution in [0.4, 0.5) is 15.2 Å². The maximum absolute atomic E-state index is 14.1. The summed E-state index contributed by atoms with van der Waals surface area (Å²) in [6.07, 6.45) is 0.807. The quantitative estimate of drug-likeness (QED) is 0.606. The number of halogens is 1. The van der Waals surface area contributed by atoms with Crippen LogP contribution >= 0.6 is 11.3 Å².